The standard InChI is InChI=1S/C17H20ClNO3/c1-17(2)8-11(16(21)22)9-19(17)15(20)14-7-13(14)10-3-5-12(18)6-4-10/h3-6,11,13-14H,7-9H2,1-2H3,(H,21,22)/t11?,13-,14+/m0/s1. The summed E-state index contributed by atoms with van der Waals surface area (Å²) in [4.78, 5) is 25.7. The molecule has 3 rings (SSSR count). The summed E-state index contributed by atoms with van der Waals surface area (Å²) < 4.78 is 0. The molecule has 1 N–H and O–H groups in total. The third-order valence-corrected chi connectivity index (χ3v) is 5.15. The Balaban J connectivity index is 1.70. The van der Waals surface area contributed by atoms with Crippen molar-refractivity contribution in [2.75, 3.05) is 6.54 Å². The van der Waals surface area contributed by atoms with Gasteiger partial charge < -0.3 is 10.0 Å². The highest BCUT2D eigenvalue weighted by Gasteiger charge is 2.51. The van der Waals surface area contributed by atoms with Crippen LogP contribution in [0.2, 0.25) is 5.02 Å². The van der Waals surface area contributed by atoms with Gasteiger partial charge in [-0.1, -0.05) is 23.7 Å². The minimum atomic E-state index is -0.812. The number of benzene rings is 1. The molecule has 1 aromatic carbocycles. The van der Waals surface area contributed by atoms with Crippen LogP contribution in [-0.4, -0.2) is 34.0 Å². The number of amides is 1. The van der Waals surface area contributed by atoms with Crippen molar-refractivity contribution < 1.29 is 14.7 Å². The molecule has 2 aliphatic rings. The zero-order valence-corrected chi connectivity index (χ0v) is 13.5. The first-order valence-corrected chi connectivity index (χ1v) is 7.97. The lowest BCUT2D eigenvalue weighted by molar-refractivity contribution is -0.141. The summed E-state index contributed by atoms with van der Waals surface area (Å²) in [5.74, 6) is -0.953. The Bertz CT molecular complexity index is 611. The van der Waals surface area contributed by atoms with E-state index in [2.05, 4.69) is 0 Å². The molecule has 1 saturated heterocycles. The van der Waals surface area contributed by atoms with Crippen LogP contribution in [-0.2, 0) is 9.59 Å². The summed E-state index contributed by atoms with van der Waals surface area (Å²) in [6.45, 7) is 4.23. The zero-order chi connectivity index (χ0) is 16.1. The number of likely N-dealkylation sites (tertiary alicyclic amines) is 1. The van der Waals surface area contributed by atoms with Gasteiger partial charge in [0, 0.05) is 23.0 Å². The van der Waals surface area contributed by atoms with Gasteiger partial charge in [0.1, 0.15) is 0 Å². The molecule has 3 atom stereocenters. The van der Waals surface area contributed by atoms with Crippen LogP contribution < -0.4 is 0 Å². The molecule has 0 spiro atoms. The number of hydrogen-bond donors (Lipinski definition) is 1. The van der Waals surface area contributed by atoms with Gasteiger partial charge in [0.15, 0.2) is 0 Å². The molecule has 1 aliphatic carbocycles. The molecule has 1 unspecified atom stereocenters. The molecule has 22 heavy (non-hydrogen) atoms. The van der Waals surface area contributed by atoms with E-state index in [4.69, 9.17) is 11.6 Å². The van der Waals surface area contributed by atoms with Crippen LogP contribution in [0.5, 0.6) is 0 Å². The first kappa shape index (κ1) is 15.3. The Kier molecular flexibility index (Phi) is 3.68. The van der Waals surface area contributed by atoms with Crippen LogP contribution in [0.15, 0.2) is 24.3 Å². The van der Waals surface area contributed by atoms with Crippen LogP contribution in [0.1, 0.15) is 38.2 Å². The van der Waals surface area contributed by atoms with Gasteiger partial charge >= 0.3 is 5.97 Å². The summed E-state index contributed by atoms with van der Waals surface area (Å²) in [5.41, 5.74) is 0.752. The topological polar surface area (TPSA) is 57.6 Å². The molecule has 1 aromatic rings. The van der Waals surface area contributed by atoms with Gasteiger partial charge in [-0.05, 0) is 50.3 Å². The molecule has 5 heteroatoms. The molecular weight excluding hydrogens is 302 g/mol. The van der Waals surface area contributed by atoms with E-state index in [-0.39, 0.29) is 23.3 Å². The monoisotopic (exact) mass is 321 g/mol. The number of carboxylic acid groups (broad SMARTS) is 1. The maximum absolute atomic E-state index is 12.7. The van der Waals surface area contributed by atoms with Crippen molar-refractivity contribution >= 4 is 23.5 Å². The van der Waals surface area contributed by atoms with Gasteiger partial charge in [0.2, 0.25) is 5.91 Å². The smallest absolute Gasteiger partial charge is 0.308 e. The van der Waals surface area contributed by atoms with E-state index in [1.165, 1.54) is 0 Å². The van der Waals surface area contributed by atoms with Gasteiger partial charge in [0.25, 0.3) is 0 Å². The SMILES string of the molecule is CC1(C)CC(C(=O)O)CN1C(=O)[C@@H]1C[C@H]1c1ccc(Cl)cc1. The summed E-state index contributed by atoms with van der Waals surface area (Å²) in [6, 6.07) is 7.62. The van der Waals surface area contributed by atoms with E-state index < -0.39 is 11.9 Å². The maximum atomic E-state index is 12.7. The summed E-state index contributed by atoms with van der Waals surface area (Å²) in [6.07, 6.45) is 1.36. The Morgan fingerprint density at radius 1 is 1.27 bits per heavy atom. The van der Waals surface area contributed by atoms with Gasteiger partial charge in [-0.25, -0.2) is 0 Å². The Morgan fingerprint density at radius 2 is 1.91 bits per heavy atom. The zero-order valence-electron chi connectivity index (χ0n) is 12.8. The Morgan fingerprint density at radius 3 is 2.45 bits per heavy atom. The van der Waals surface area contributed by atoms with Crippen molar-refractivity contribution in [1.82, 2.24) is 4.90 Å². The van der Waals surface area contributed by atoms with E-state index in [9.17, 15) is 14.7 Å². The van der Waals surface area contributed by atoms with Gasteiger partial charge in [-0.2, -0.15) is 0 Å². The first-order chi connectivity index (χ1) is 10.3. The van der Waals surface area contributed by atoms with E-state index in [1.807, 2.05) is 38.1 Å². The molecule has 2 fully saturated rings. The van der Waals surface area contributed by atoms with Crippen LogP contribution in [0.4, 0.5) is 0 Å². The van der Waals surface area contributed by atoms with Crippen LogP contribution in [0.3, 0.4) is 0 Å². The Labute approximate surface area is 135 Å². The van der Waals surface area contributed by atoms with Crippen molar-refractivity contribution in [2.45, 2.75) is 38.1 Å². The number of hydrogen-bond acceptors (Lipinski definition) is 2. The number of carbonyl (C=O) groups is 2. The van der Waals surface area contributed by atoms with Gasteiger partial charge in [-0.15, -0.1) is 0 Å². The quantitative estimate of drug-likeness (QED) is 0.930. The van der Waals surface area contributed by atoms with Gasteiger partial charge in [0.05, 0.1) is 5.92 Å². The summed E-state index contributed by atoms with van der Waals surface area (Å²) in [7, 11) is 0. The summed E-state index contributed by atoms with van der Waals surface area (Å²) in [5, 5.41) is 9.90. The molecule has 0 radical (unpaired) electrons. The predicted molar refractivity (Wildman–Crippen MR) is 83.8 cm³/mol. The molecule has 1 aliphatic heterocycles. The second kappa shape index (κ2) is 5.27. The number of carbonyl (C=O) groups excluding carboxylic acids is 1. The minimum Gasteiger partial charge on any atom is -0.481 e. The molecule has 1 amide bonds. The third-order valence-electron chi connectivity index (χ3n) is 4.90. The van der Waals surface area contributed by atoms with E-state index in [1.54, 1.807) is 4.90 Å². The van der Waals surface area contributed by atoms with Crippen LogP contribution in [0, 0.1) is 11.8 Å². The van der Waals surface area contributed by atoms with E-state index in [0.29, 0.717) is 18.0 Å². The number of halogens is 1. The fourth-order valence-corrected chi connectivity index (χ4v) is 3.67. The van der Waals surface area contributed by atoms with Crippen molar-refractivity contribution in [3.8, 4) is 0 Å². The fourth-order valence-electron chi connectivity index (χ4n) is 3.55. The highest BCUT2D eigenvalue weighted by molar-refractivity contribution is 6.30. The minimum absolute atomic E-state index is 0.0204. The van der Waals surface area contributed by atoms with E-state index >= 15 is 0 Å². The number of aliphatic carboxylic acids is 1. The highest BCUT2D eigenvalue weighted by Crippen LogP contribution is 2.50. The first-order valence-electron chi connectivity index (χ1n) is 7.59. The fraction of sp³-hybridized carbons (Fsp3) is 0.529. The molecule has 118 valence electrons. The lowest BCUT2D eigenvalue weighted by Gasteiger charge is -2.31. The largest absolute Gasteiger partial charge is 0.481 e. The average Bonchev–Trinajstić information content (AvgIpc) is 3.17. The molecule has 1 saturated carbocycles. The van der Waals surface area contributed by atoms with Gasteiger partial charge in [-0.3, -0.25) is 9.59 Å². The second-order valence-electron chi connectivity index (χ2n) is 7.00. The number of nitrogens with zero attached hydrogens (tertiary/aromatic N) is 1. The second-order valence-corrected chi connectivity index (χ2v) is 7.44. The maximum Gasteiger partial charge on any atom is 0.308 e. The third kappa shape index (κ3) is 2.72. The lowest BCUT2D eigenvalue weighted by atomic mass is 9.96. The van der Waals surface area contributed by atoms with Crippen LogP contribution >= 0.6 is 11.6 Å². The predicted octanol–water partition coefficient (Wildman–Crippen LogP) is 3.16. The molecule has 1 heterocycles. The van der Waals surface area contributed by atoms with Crippen LogP contribution in [0.25, 0.3) is 0 Å². The Hall–Kier alpha value is -1.55. The number of carboxylic acids is 1. The molecule has 4 nitrogen and oxygen atoms in total. The summed E-state index contributed by atoms with van der Waals surface area (Å²) >= 11 is 5.89. The lowest BCUT2D eigenvalue weighted by Crippen LogP contribution is -2.43. The van der Waals surface area contributed by atoms with Crippen molar-refractivity contribution in [1.29, 1.82) is 0 Å². The highest BCUT2D eigenvalue weighted by atomic mass is 35.5. The van der Waals surface area contributed by atoms with Crippen molar-refractivity contribution in [2.24, 2.45) is 11.8 Å². The normalized spacial score (nSPS) is 29.4. The number of rotatable bonds is 3. The van der Waals surface area contributed by atoms with Crippen molar-refractivity contribution in [3.63, 3.8) is 0 Å². The van der Waals surface area contributed by atoms with E-state index in [0.717, 1.165) is 12.0 Å². The molecule has 0 aromatic heterocycles. The molecular formula is C17H20ClNO3. The molecule has 0 bridgehead atoms. The average molecular weight is 322 g/mol. The van der Waals surface area contributed by atoms with Crippen molar-refractivity contribution in [3.05, 3.63) is 34.9 Å².